The SMILES string of the molecule is CCc1ccc2nc(N(CCN3CCOCC3)C(=O)c3cccc(F)c3)sc2c1. The monoisotopic (exact) mass is 413 g/mol. The highest BCUT2D eigenvalue weighted by atomic mass is 32.1. The Balaban J connectivity index is 1.64. The van der Waals surface area contributed by atoms with Crippen molar-refractivity contribution in [2.24, 2.45) is 0 Å². The summed E-state index contributed by atoms with van der Waals surface area (Å²) in [6, 6.07) is 12.0. The first-order valence-electron chi connectivity index (χ1n) is 9.91. The molecule has 3 aromatic rings. The second-order valence-corrected chi connectivity index (χ2v) is 8.08. The van der Waals surface area contributed by atoms with Crippen LogP contribution in [0.2, 0.25) is 0 Å². The fourth-order valence-electron chi connectivity index (χ4n) is 3.42. The molecule has 2 aromatic carbocycles. The molecule has 1 amide bonds. The number of aryl methyl sites for hydroxylation is 1. The normalized spacial score (nSPS) is 15.0. The molecule has 1 aromatic heterocycles. The Hall–Kier alpha value is -2.35. The second kappa shape index (κ2) is 8.98. The number of morpholine rings is 1. The number of carbonyl (C=O) groups is 1. The summed E-state index contributed by atoms with van der Waals surface area (Å²) in [7, 11) is 0. The zero-order chi connectivity index (χ0) is 20.2. The molecule has 0 radical (unpaired) electrons. The number of hydrogen-bond acceptors (Lipinski definition) is 5. The summed E-state index contributed by atoms with van der Waals surface area (Å²) in [6.45, 7) is 6.45. The van der Waals surface area contributed by atoms with Crippen LogP contribution in [0.25, 0.3) is 10.2 Å². The Kier molecular flexibility index (Phi) is 6.18. The number of aromatic nitrogens is 1. The van der Waals surface area contributed by atoms with Gasteiger partial charge in [0.25, 0.3) is 5.91 Å². The van der Waals surface area contributed by atoms with Gasteiger partial charge in [-0.1, -0.05) is 30.4 Å². The number of ether oxygens (including phenoxy) is 1. The summed E-state index contributed by atoms with van der Waals surface area (Å²) < 4.78 is 20.2. The summed E-state index contributed by atoms with van der Waals surface area (Å²) in [6.07, 6.45) is 0.951. The molecule has 0 atom stereocenters. The van der Waals surface area contributed by atoms with Crippen molar-refractivity contribution in [2.45, 2.75) is 13.3 Å². The first-order valence-corrected chi connectivity index (χ1v) is 10.7. The first-order chi connectivity index (χ1) is 14.1. The van der Waals surface area contributed by atoms with Crippen molar-refractivity contribution in [1.29, 1.82) is 0 Å². The number of benzene rings is 2. The average molecular weight is 414 g/mol. The molecule has 2 heterocycles. The third-order valence-electron chi connectivity index (χ3n) is 5.14. The van der Waals surface area contributed by atoms with Gasteiger partial charge in [0.15, 0.2) is 5.13 Å². The maximum Gasteiger partial charge on any atom is 0.260 e. The van der Waals surface area contributed by atoms with E-state index in [1.807, 2.05) is 6.07 Å². The largest absolute Gasteiger partial charge is 0.379 e. The molecule has 1 saturated heterocycles. The van der Waals surface area contributed by atoms with Crippen molar-refractivity contribution in [1.82, 2.24) is 9.88 Å². The number of hydrogen-bond donors (Lipinski definition) is 0. The lowest BCUT2D eigenvalue weighted by molar-refractivity contribution is 0.0391. The third kappa shape index (κ3) is 4.63. The van der Waals surface area contributed by atoms with Crippen LogP contribution in [0.5, 0.6) is 0 Å². The van der Waals surface area contributed by atoms with Gasteiger partial charge in [0.05, 0.1) is 23.4 Å². The van der Waals surface area contributed by atoms with Crippen molar-refractivity contribution in [2.75, 3.05) is 44.3 Å². The minimum absolute atomic E-state index is 0.229. The first kappa shape index (κ1) is 19.9. The number of fused-ring (bicyclic) bond motifs is 1. The van der Waals surface area contributed by atoms with Crippen molar-refractivity contribution < 1.29 is 13.9 Å². The Morgan fingerprint density at radius 3 is 2.83 bits per heavy atom. The standard InChI is InChI=1S/C22H24FN3O2S/c1-2-16-6-7-19-20(14-16)29-22(24-19)26(9-8-25-10-12-28-13-11-25)21(27)17-4-3-5-18(23)15-17/h3-7,14-15H,2,8-13H2,1H3. The fourth-order valence-corrected chi connectivity index (χ4v) is 4.47. The zero-order valence-electron chi connectivity index (χ0n) is 16.4. The van der Waals surface area contributed by atoms with E-state index in [9.17, 15) is 9.18 Å². The highest BCUT2D eigenvalue weighted by Gasteiger charge is 2.23. The molecule has 0 bridgehead atoms. The third-order valence-corrected chi connectivity index (χ3v) is 6.18. The van der Waals surface area contributed by atoms with Gasteiger partial charge < -0.3 is 4.74 Å². The number of amides is 1. The van der Waals surface area contributed by atoms with Gasteiger partial charge in [-0.05, 0) is 42.3 Å². The molecule has 29 heavy (non-hydrogen) atoms. The van der Waals surface area contributed by atoms with E-state index >= 15 is 0 Å². The molecule has 1 aliphatic heterocycles. The van der Waals surface area contributed by atoms with Gasteiger partial charge in [0.1, 0.15) is 5.82 Å². The van der Waals surface area contributed by atoms with Gasteiger partial charge in [-0.2, -0.15) is 0 Å². The van der Waals surface area contributed by atoms with Gasteiger partial charge >= 0.3 is 0 Å². The quantitative estimate of drug-likeness (QED) is 0.613. The van der Waals surface area contributed by atoms with Crippen molar-refractivity contribution in [3.63, 3.8) is 0 Å². The molecule has 4 rings (SSSR count). The van der Waals surface area contributed by atoms with Crippen molar-refractivity contribution in [3.05, 3.63) is 59.4 Å². The van der Waals surface area contributed by atoms with Gasteiger partial charge in [0.2, 0.25) is 0 Å². The molecule has 0 aliphatic carbocycles. The summed E-state index contributed by atoms with van der Waals surface area (Å²) in [5, 5.41) is 0.649. The van der Waals surface area contributed by atoms with Crippen LogP contribution >= 0.6 is 11.3 Å². The summed E-state index contributed by atoms with van der Waals surface area (Å²) in [4.78, 5) is 21.9. The Labute approximate surface area is 173 Å². The molecule has 0 N–H and O–H groups in total. The molecule has 152 valence electrons. The minimum atomic E-state index is -0.416. The molecule has 7 heteroatoms. The number of thiazole rings is 1. The second-order valence-electron chi connectivity index (χ2n) is 7.07. The van der Waals surface area contributed by atoms with Crippen LogP contribution in [0.15, 0.2) is 42.5 Å². The topological polar surface area (TPSA) is 45.7 Å². The van der Waals surface area contributed by atoms with Gasteiger partial charge in [0, 0.05) is 31.7 Å². The molecule has 0 unspecified atom stereocenters. The summed E-state index contributed by atoms with van der Waals surface area (Å²) >= 11 is 1.51. The Bertz CT molecular complexity index is 1000. The highest BCUT2D eigenvalue weighted by Crippen LogP contribution is 2.30. The van der Waals surface area contributed by atoms with E-state index in [1.165, 1.54) is 29.0 Å². The lowest BCUT2D eigenvalue weighted by Gasteiger charge is -2.29. The summed E-state index contributed by atoms with van der Waals surface area (Å²) in [5.41, 5.74) is 2.45. The maximum absolute atomic E-state index is 13.7. The van der Waals surface area contributed by atoms with Gasteiger partial charge in [-0.3, -0.25) is 14.6 Å². The number of rotatable bonds is 6. The van der Waals surface area contributed by atoms with Crippen LogP contribution in [-0.4, -0.2) is 55.2 Å². The van der Waals surface area contributed by atoms with E-state index < -0.39 is 5.82 Å². The summed E-state index contributed by atoms with van der Waals surface area (Å²) in [5.74, 6) is -0.645. The average Bonchev–Trinajstić information content (AvgIpc) is 3.17. The van der Waals surface area contributed by atoms with Gasteiger partial charge in [-0.15, -0.1) is 0 Å². The lowest BCUT2D eigenvalue weighted by atomic mass is 10.2. The van der Waals surface area contributed by atoms with E-state index in [1.54, 1.807) is 17.0 Å². The molecular weight excluding hydrogens is 389 g/mol. The van der Waals surface area contributed by atoms with Crippen molar-refractivity contribution >= 4 is 32.6 Å². The Morgan fingerprint density at radius 1 is 1.24 bits per heavy atom. The number of halogens is 1. The number of anilines is 1. The zero-order valence-corrected chi connectivity index (χ0v) is 17.3. The smallest absolute Gasteiger partial charge is 0.260 e. The molecule has 0 spiro atoms. The van der Waals surface area contributed by atoms with Crippen LogP contribution in [-0.2, 0) is 11.2 Å². The van der Waals surface area contributed by atoms with Crippen LogP contribution in [0.1, 0.15) is 22.8 Å². The predicted octanol–water partition coefficient (Wildman–Crippen LogP) is 3.98. The molecule has 5 nitrogen and oxygen atoms in total. The van der Waals surface area contributed by atoms with Crippen LogP contribution in [0.4, 0.5) is 9.52 Å². The number of carbonyl (C=O) groups excluding carboxylic acids is 1. The van der Waals surface area contributed by atoms with Crippen LogP contribution < -0.4 is 4.90 Å². The highest BCUT2D eigenvalue weighted by molar-refractivity contribution is 7.22. The van der Waals surface area contributed by atoms with E-state index in [2.05, 4.69) is 24.0 Å². The van der Waals surface area contributed by atoms with Crippen LogP contribution in [0.3, 0.4) is 0 Å². The molecule has 1 aliphatic rings. The number of nitrogens with zero attached hydrogens (tertiary/aromatic N) is 3. The lowest BCUT2D eigenvalue weighted by Crippen LogP contribution is -2.43. The van der Waals surface area contributed by atoms with E-state index in [0.717, 1.165) is 36.3 Å². The Morgan fingerprint density at radius 2 is 2.07 bits per heavy atom. The molecule has 0 saturated carbocycles. The fraction of sp³-hybridized carbons (Fsp3) is 0.364. The van der Waals surface area contributed by atoms with E-state index in [-0.39, 0.29) is 5.91 Å². The molecule has 1 fully saturated rings. The van der Waals surface area contributed by atoms with E-state index in [4.69, 9.17) is 9.72 Å². The van der Waals surface area contributed by atoms with E-state index in [0.29, 0.717) is 30.5 Å². The molecular formula is C22H24FN3O2S. The van der Waals surface area contributed by atoms with Gasteiger partial charge in [-0.25, -0.2) is 9.37 Å². The van der Waals surface area contributed by atoms with Crippen molar-refractivity contribution in [3.8, 4) is 0 Å². The minimum Gasteiger partial charge on any atom is -0.379 e. The maximum atomic E-state index is 13.7. The predicted molar refractivity (Wildman–Crippen MR) is 114 cm³/mol. The van der Waals surface area contributed by atoms with Crippen LogP contribution in [0, 0.1) is 5.82 Å².